The Labute approximate surface area is 92.9 Å². The molecule has 1 aliphatic heterocycles. The van der Waals surface area contributed by atoms with Gasteiger partial charge < -0.3 is 14.8 Å². The molecule has 1 saturated heterocycles. The zero-order chi connectivity index (χ0) is 11.1. The second-order valence-corrected chi connectivity index (χ2v) is 3.93. The molecule has 1 rings (SSSR count). The molecular weight excluding hydrogens is 192 g/mol. The Kier molecular flexibility index (Phi) is 6.17. The summed E-state index contributed by atoms with van der Waals surface area (Å²) in [6.45, 7) is 8.49. The van der Waals surface area contributed by atoms with E-state index in [1.807, 2.05) is 13.8 Å². The van der Waals surface area contributed by atoms with Crippen molar-refractivity contribution in [3.8, 4) is 0 Å². The molecule has 1 atom stereocenters. The fourth-order valence-electron chi connectivity index (χ4n) is 1.93. The predicted octanol–water partition coefficient (Wildman–Crippen LogP) is 0.679. The third kappa shape index (κ3) is 4.47. The minimum Gasteiger partial charge on any atom is -0.352 e. The van der Waals surface area contributed by atoms with Gasteiger partial charge in [-0.25, -0.2) is 0 Å². The van der Waals surface area contributed by atoms with Gasteiger partial charge in [0.25, 0.3) is 0 Å². The summed E-state index contributed by atoms with van der Waals surface area (Å²) in [7, 11) is 2.14. The average molecular weight is 216 g/mol. The lowest BCUT2D eigenvalue weighted by Gasteiger charge is -2.27. The molecule has 0 aliphatic carbocycles. The lowest BCUT2D eigenvalue weighted by molar-refractivity contribution is -0.147. The minimum absolute atomic E-state index is 0.0781. The summed E-state index contributed by atoms with van der Waals surface area (Å²) in [6.07, 6.45) is 1.15. The van der Waals surface area contributed by atoms with Crippen LogP contribution in [0, 0.1) is 0 Å². The monoisotopic (exact) mass is 216 g/mol. The van der Waals surface area contributed by atoms with E-state index in [2.05, 4.69) is 17.3 Å². The van der Waals surface area contributed by atoms with Crippen LogP contribution in [0.1, 0.15) is 20.3 Å². The summed E-state index contributed by atoms with van der Waals surface area (Å²) in [6, 6.07) is 0.633. The molecule has 1 aliphatic rings. The fourth-order valence-corrected chi connectivity index (χ4v) is 1.93. The van der Waals surface area contributed by atoms with E-state index < -0.39 is 0 Å². The van der Waals surface area contributed by atoms with Gasteiger partial charge in [-0.1, -0.05) is 0 Å². The van der Waals surface area contributed by atoms with Crippen LogP contribution in [0.2, 0.25) is 0 Å². The van der Waals surface area contributed by atoms with Gasteiger partial charge >= 0.3 is 0 Å². The van der Waals surface area contributed by atoms with Crippen molar-refractivity contribution in [3.05, 3.63) is 0 Å². The van der Waals surface area contributed by atoms with Crippen molar-refractivity contribution in [3.63, 3.8) is 0 Å². The standard InChI is InChI=1S/C11H24N2O2/c1-4-14-11(15-5-2)9-13(3)10-6-7-12-8-10/h10-12H,4-9H2,1-3H3. The number of nitrogens with one attached hydrogen (secondary N) is 1. The maximum Gasteiger partial charge on any atom is 0.170 e. The molecule has 0 amide bonds. The van der Waals surface area contributed by atoms with Crippen LogP contribution in [0.25, 0.3) is 0 Å². The maximum absolute atomic E-state index is 5.53. The largest absolute Gasteiger partial charge is 0.352 e. The molecule has 1 fully saturated rings. The molecule has 1 heterocycles. The van der Waals surface area contributed by atoms with Crippen molar-refractivity contribution < 1.29 is 9.47 Å². The molecule has 90 valence electrons. The Bertz CT molecular complexity index is 155. The van der Waals surface area contributed by atoms with Gasteiger partial charge in [-0.05, 0) is 33.9 Å². The summed E-state index contributed by atoms with van der Waals surface area (Å²) in [5, 5.41) is 3.37. The molecule has 1 unspecified atom stereocenters. The maximum atomic E-state index is 5.53. The predicted molar refractivity (Wildman–Crippen MR) is 60.9 cm³/mol. The highest BCUT2D eigenvalue weighted by Gasteiger charge is 2.21. The molecule has 0 spiro atoms. The number of ether oxygens (including phenoxy) is 2. The highest BCUT2D eigenvalue weighted by molar-refractivity contribution is 4.79. The molecule has 0 radical (unpaired) electrons. The van der Waals surface area contributed by atoms with Gasteiger partial charge in [0.15, 0.2) is 6.29 Å². The minimum atomic E-state index is -0.0781. The van der Waals surface area contributed by atoms with Gasteiger partial charge in [-0.3, -0.25) is 4.90 Å². The van der Waals surface area contributed by atoms with Crippen molar-refractivity contribution in [2.45, 2.75) is 32.6 Å². The van der Waals surface area contributed by atoms with Crippen molar-refractivity contribution in [2.75, 3.05) is 39.9 Å². The van der Waals surface area contributed by atoms with Crippen LogP contribution in [-0.4, -0.2) is 57.1 Å². The van der Waals surface area contributed by atoms with E-state index in [0.717, 1.165) is 19.6 Å². The van der Waals surface area contributed by atoms with E-state index >= 15 is 0 Å². The molecule has 0 aromatic rings. The smallest absolute Gasteiger partial charge is 0.170 e. The summed E-state index contributed by atoms with van der Waals surface area (Å²) >= 11 is 0. The third-order valence-corrected chi connectivity index (χ3v) is 2.80. The molecule has 1 N–H and O–H groups in total. The van der Waals surface area contributed by atoms with Crippen LogP contribution in [0.4, 0.5) is 0 Å². The second kappa shape index (κ2) is 7.17. The number of rotatable bonds is 7. The first-order valence-corrected chi connectivity index (χ1v) is 5.92. The first kappa shape index (κ1) is 12.9. The molecular formula is C11H24N2O2. The number of likely N-dealkylation sites (N-methyl/N-ethyl adjacent to an activating group) is 1. The third-order valence-electron chi connectivity index (χ3n) is 2.80. The Balaban J connectivity index is 2.28. The van der Waals surface area contributed by atoms with E-state index in [9.17, 15) is 0 Å². The van der Waals surface area contributed by atoms with Crippen molar-refractivity contribution in [1.29, 1.82) is 0 Å². The molecule has 4 heteroatoms. The van der Waals surface area contributed by atoms with Gasteiger partial charge in [0, 0.05) is 32.3 Å². The molecule has 0 aromatic carbocycles. The fraction of sp³-hybridized carbons (Fsp3) is 1.00. The summed E-state index contributed by atoms with van der Waals surface area (Å²) in [5.74, 6) is 0. The molecule has 4 nitrogen and oxygen atoms in total. The summed E-state index contributed by atoms with van der Waals surface area (Å²) in [5.41, 5.74) is 0. The SMILES string of the molecule is CCOC(CN(C)C1CCNC1)OCC. The van der Waals surface area contributed by atoms with E-state index in [-0.39, 0.29) is 6.29 Å². The van der Waals surface area contributed by atoms with Crippen molar-refractivity contribution in [1.82, 2.24) is 10.2 Å². The van der Waals surface area contributed by atoms with Crippen LogP contribution < -0.4 is 5.32 Å². The highest BCUT2D eigenvalue weighted by Crippen LogP contribution is 2.08. The molecule has 0 saturated carbocycles. The summed E-state index contributed by atoms with van der Waals surface area (Å²) < 4.78 is 11.1. The first-order valence-electron chi connectivity index (χ1n) is 5.92. The van der Waals surface area contributed by atoms with Crippen molar-refractivity contribution >= 4 is 0 Å². The van der Waals surface area contributed by atoms with Gasteiger partial charge in [-0.2, -0.15) is 0 Å². The molecule has 0 bridgehead atoms. The Morgan fingerprint density at radius 1 is 1.33 bits per heavy atom. The quantitative estimate of drug-likeness (QED) is 0.635. The zero-order valence-electron chi connectivity index (χ0n) is 10.2. The topological polar surface area (TPSA) is 33.7 Å². The van der Waals surface area contributed by atoms with Gasteiger partial charge in [0.2, 0.25) is 0 Å². The van der Waals surface area contributed by atoms with Gasteiger partial charge in [0.05, 0.1) is 0 Å². The van der Waals surface area contributed by atoms with Crippen LogP contribution in [0.15, 0.2) is 0 Å². The Morgan fingerprint density at radius 2 is 2.00 bits per heavy atom. The van der Waals surface area contributed by atoms with Crippen LogP contribution in [0.3, 0.4) is 0 Å². The first-order chi connectivity index (χ1) is 7.27. The lowest BCUT2D eigenvalue weighted by atomic mass is 10.2. The van der Waals surface area contributed by atoms with E-state index in [4.69, 9.17) is 9.47 Å². The van der Waals surface area contributed by atoms with Crippen molar-refractivity contribution in [2.24, 2.45) is 0 Å². The van der Waals surface area contributed by atoms with Gasteiger partial charge in [-0.15, -0.1) is 0 Å². The van der Waals surface area contributed by atoms with E-state index in [0.29, 0.717) is 19.3 Å². The molecule has 15 heavy (non-hydrogen) atoms. The van der Waals surface area contributed by atoms with Crippen LogP contribution >= 0.6 is 0 Å². The Morgan fingerprint density at radius 3 is 2.47 bits per heavy atom. The Hall–Kier alpha value is -0.160. The second-order valence-electron chi connectivity index (χ2n) is 3.93. The van der Waals surface area contributed by atoms with Gasteiger partial charge in [0.1, 0.15) is 0 Å². The number of hydrogen-bond donors (Lipinski definition) is 1. The zero-order valence-corrected chi connectivity index (χ0v) is 10.2. The lowest BCUT2D eigenvalue weighted by Crippen LogP contribution is -2.40. The van der Waals surface area contributed by atoms with E-state index in [1.54, 1.807) is 0 Å². The summed E-state index contributed by atoms with van der Waals surface area (Å²) in [4.78, 5) is 2.33. The normalized spacial score (nSPS) is 21.8. The van der Waals surface area contributed by atoms with E-state index in [1.165, 1.54) is 6.42 Å². The highest BCUT2D eigenvalue weighted by atomic mass is 16.7. The van der Waals surface area contributed by atoms with Crippen LogP contribution in [-0.2, 0) is 9.47 Å². The number of nitrogens with zero attached hydrogens (tertiary/aromatic N) is 1. The molecule has 0 aromatic heterocycles. The number of hydrogen-bond acceptors (Lipinski definition) is 4. The average Bonchev–Trinajstić information content (AvgIpc) is 2.71. The van der Waals surface area contributed by atoms with Crippen LogP contribution in [0.5, 0.6) is 0 Å².